The lowest BCUT2D eigenvalue weighted by Gasteiger charge is -2.19. The lowest BCUT2D eigenvalue weighted by molar-refractivity contribution is -0.147. The second-order valence-corrected chi connectivity index (χ2v) is 10.3. The first-order valence-corrected chi connectivity index (χ1v) is 12.2. The zero-order valence-electron chi connectivity index (χ0n) is 19.2. The van der Waals surface area contributed by atoms with Gasteiger partial charge >= 0.3 is 12.1 Å². The van der Waals surface area contributed by atoms with Crippen molar-refractivity contribution in [3.63, 3.8) is 0 Å². The van der Waals surface area contributed by atoms with Crippen molar-refractivity contribution >= 4 is 29.3 Å². The van der Waals surface area contributed by atoms with Gasteiger partial charge in [-0.3, -0.25) is 9.59 Å². The van der Waals surface area contributed by atoms with Gasteiger partial charge in [-0.05, 0) is 35.6 Å². The van der Waals surface area contributed by atoms with Gasteiger partial charge in [0.2, 0.25) is 0 Å². The Hall–Kier alpha value is -3.72. The van der Waals surface area contributed by atoms with Gasteiger partial charge in [0.05, 0.1) is 18.2 Å². The van der Waals surface area contributed by atoms with Crippen LogP contribution in [0.2, 0.25) is 0 Å². The summed E-state index contributed by atoms with van der Waals surface area (Å²) in [5.41, 5.74) is 3.70. The number of ether oxygens (including phenoxy) is 1. The van der Waals surface area contributed by atoms with Crippen molar-refractivity contribution in [1.29, 1.82) is 0 Å². The Labute approximate surface area is 206 Å². The Kier molecular flexibility index (Phi) is 6.02. The number of alkyl carbamates (subject to hydrolysis) is 1. The molecule has 0 spiro atoms. The van der Waals surface area contributed by atoms with Crippen LogP contribution in [0, 0.1) is 5.41 Å². The van der Waals surface area contributed by atoms with Gasteiger partial charge in [0, 0.05) is 19.0 Å². The van der Waals surface area contributed by atoms with Crippen molar-refractivity contribution in [2.75, 3.05) is 19.7 Å². The molecule has 2 amide bonds. The summed E-state index contributed by atoms with van der Waals surface area (Å²) < 4.78 is 5.54. The highest BCUT2D eigenvalue weighted by Gasteiger charge is 2.42. The molecule has 9 heteroatoms. The second kappa shape index (κ2) is 9.14. The van der Waals surface area contributed by atoms with Crippen LogP contribution in [0.25, 0.3) is 11.1 Å². The molecule has 2 N–H and O–H groups in total. The van der Waals surface area contributed by atoms with Crippen LogP contribution in [0.15, 0.2) is 54.7 Å². The van der Waals surface area contributed by atoms with Gasteiger partial charge in [-0.25, -0.2) is 9.78 Å². The van der Waals surface area contributed by atoms with Crippen LogP contribution in [0.5, 0.6) is 0 Å². The van der Waals surface area contributed by atoms with Gasteiger partial charge in [-0.2, -0.15) is 0 Å². The van der Waals surface area contributed by atoms with E-state index in [1.807, 2.05) is 24.3 Å². The van der Waals surface area contributed by atoms with E-state index >= 15 is 0 Å². The fraction of sp³-hybridized carbons (Fsp3) is 0.308. The van der Waals surface area contributed by atoms with E-state index in [2.05, 4.69) is 34.6 Å². The topological polar surface area (TPSA) is 109 Å². The number of carboxylic acids is 1. The summed E-state index contributed by atoms with van der Waals surface area (Å²) in [4.78, 5) is 42.8. The van der Waals surface area contributed by atoms with E-state index < -0.39 is 17.5 Å². The number of likely N-dealkylation sites (tertiary alicyclic amines) is 1. The number of aromatic nitrogens is 1. The number of benzene rings is 2. The van der Waals surface area contributed by atoms with Crippen LogP contribution in [-0.4, -0.2) is 52.7 Å². The predicted molar refractivity (Wildman–Crippen MR) is 130 cm³/mol. The highest BCUT2D eigenvalue weighted by atomic mass is 32.1. The fourth-order valence-electron chi connectivity index (χ4n) is 4.75. The standard InChI is InChI=1S/C26H25N3O5S/c1-26(24(31)32)10-11-29(15-26)23(30)21-12-27-22(35-21)13-28-25(33)34-14-20-18-8-4-2-6-16(18)17-7-3-5-9-19(17)20/h2-9,12,20H,10-11,13-15H2,1H3,(H,28,33)(H,31,32). The molecule has 5 rings (SSSR count). The minimum Gasteiger partial charge on any atom is -0.481 e. The Balaban J connectivity index is 1.15. The van der Waals surface area contributed by atoms with Gasteiger partial charge in [-0.15, -0.1) is 11.3 Å². The number of rotatable bonds is 6. The van der Waals surface area contributed by atoms with Crippen molar-refractivity contribution in [2.24, 2.45) is 5.41 Å². The molecule has 0 bridgehead atoms. The van der Waals surface area contributed by atoms with Gasteiger partial charge in [0.15, 0.2) is 0 Å². The first-order chi connectivity index (χ1) is 16.9. The summed E-state index contributed by atoms with van der Waals surface area (Å²) in [6, 6.07) is 16.3. The third-order valence-corrected chi connectivity index (χ3v) is 7.75. The molecule has 1 unspecified atom stereocenters. The van der Waals surface area contributed by atoms with E-state index in [4.69, 9.17) is 4.74 Å². The number of carboxylic acid groups (broad SMARTS) is 1. The highest BCUT2D eigenvalue weighted by molar-refractivity contribution is 7.13. The number of fused-ring (bicyclic) bond motifs is 3. The van der Waals surface area contributed by atoms with E-state index in [1.54, 1.807) is 11.8 Å². The molecular weight excluding hydrogens is 466 g/mol. The summed E-state index contributed by atoms with van der Waals surface area (Å²) in [5, 5.41) is 12.7. The lowest BCUT2D eigenvalue weighted by Crippen LogP contribution is -2.34. The number of thiazole rings is 1. The first kappa shape index (κ1) is 23.0. The Morgan fingerprint density at radius 1 is 1.14 bits per heavy atom. The number of aliphatic carboxylic acids is 1. The van der Waals surface area contributed by atoms with E-state index in [9.17, 15) is 19.5 Å². The molecular formula is C26H25N3O5S. The van der Waals surface area contributed by atoms with Crippen LogP contribution in [-0.2, 0) is 16.1 Å². The van der Waals surface area contributed by atoms with Crippen molar-refractivity contribution in [3.8, 4) is 11.1 Å². The van der Waals surface area contributed by atoms with Gasteiger partial charge in [0.25, 0.3) is 5.91 Å². The normalized spacial score (nSPS) is 18.7. The summed E-state index contributed by atoms with van der Waals surface area (Å²) in [7, 11) is 0. The summed E-state index contributed by atoms with van der Waals surface area (Å²) >= 11 is 1.18. The molecule has 2 aliphatic rings. The molecule has 1 aliphatic heterocycles. The van der Waals surface area contributed by atoms with E-state index in [1.165, 1.54) is 28.7 Å². The number of hydrogen-bond acceptors (Lipinski definition) is 6. The van der Waals surface area contributed by atoms with Crippen LogP contribution < -0.4 is 5.32 Å². The van der Waals surface area contributed by atoms with Crippen molar-refractivity contribution in [1.82, 2.24) is 15.2 Å². The molecule has 2 heterocycles. The summed E-state index contributed by atoms with van der Waals surface area (Å²) in [6.07, 6.45) is 1.34. The van der Waals surface area contributed by atoms with Crippen LogP contribution >= 0.6 is 11.3 Å². The molecule has 2 aromatic carbocycles. The smallest absolute Gasteiger partial charge is 0.407 e. The molecule has 1 atom stereocenters. The SMILES string of the molecule is CC1(C(=O)O)CCN(C(=O)c2cnc(CNC(=O)OCC3c4ccccc4-c4ccccc43)s2)C1. The van der Waals surface area contributed by atoms with Crippen molar-refractivity contribution < 1.29 is 24.2 Å². The third kappa shape index (κ3) is 4.39. The maximum Gasteiger partial charge on any atom is 0.407 e. The predicted octanol–water partition coefficient (Wildman–Crippen LogP) is 4.12. The Morgan fingerprint density at radius 2 is 1.80 bits per heavy atom. The molecule has 3 aromatic rings. The molecule has 0 saturated carbocycles. The van der Waals surface area contributed by atoms with Crippen LogP contribution in [0.1, 0.15) is 45.1 Å². The van der Waals surface area contributed by atoms with Crippen LogP contribution in [0.3, 0.4) is 0 Å². The second-order valence-electron chi connectivity index (χ2n) is 9.14. The highest BCUT2D eigenvalue weighted by Crippen LogP contribution is 2.44. The maximum absolute atomic E-state index is 12.8. The number of amides is 2. The molecule has 1 aromatic heterocycles. The zero-order chi connectivity index (χ0) is 24.6. The minimum absolute atomic E-state index is 0.0193. The summed E-state index contributed by atoms with van der Waals surface area (Å²) in [5.74, 6) is -1.15. The quantitative estimate of drug-likeness (QED) is 0.537. The molecule has 1 aliphatic carbocycles. The number of nitrogens with one attached hydrogen (secondary N) is 1. The molecule has 35 heavy (non-hydrogen) atoms. The first-order valence-electron chi connectivity index (χ1n) is 11.4. The van der Waals surface area contributed by atoms with Crippen molar-refractivity contribution in [3.05, 3.63) is 75.7 Å². The lowest BCUT2D eigenvalue weighted by atomic mass is 9.90. The largest absolute Gasteiger partial charge is 0.481 e. The Bertz CT molecular complexity index is 1260. The average Bonchev–Trinajstić information content (AvgIpc) is 3.58. The number of nitrogens with zero attached hydrogens (tertiary/aromatic N) is 2. The zero-order valence-corrected chi connectivity index (χ0v) is 20.0. The van der Waals surface area contributed by atoms with Gasteiger partial charge < -0.3 is 20.1 Å². The van der Waals surface area contributed by atoms with Crippen molar-refractivity contribution in [2.45, 2.75) is 25.8 Å². The monoisotopic (exact) mass is 491 g/mol. The number of carbonyl (C=O) groups is 3. The minimum atomic E-state index is -0.922. The number of hydrogen-bond donors (Lipinski definition) is 2. The molecule has 180 valence electrons. The molecule has 1 saturated heterocycles. The van der Waals surface area contributed by atoms with Gasteiger partial charge in [-0.1, -0.05) is 48.5 Å². The van der Waals surface area contributed by atoms with E-state index in [0.717, 1.165) is 11.1 Å². The fourth-order valence-corrected chi connectivity index (χ4v) is 5.58. The number of carbonyl (C=O) groups excluding carboxylic acids is 2. The molecule has 0 radical (unpaired) electrons. The van der Waals surface area contributed by atoms with E-state index in [0.29, 0.717) is 22.9 Å². The average molecular weight is 492 g/mol. The summed E-state index contributed by atoms with van der Waals surface area (Å²) in [6.45, 7) is 2.58. The maximum atomic E-state index is 12.8. The van der Waals surface area contributed by atoms with Crippen LogP contribution in [0.4, 0.5) is 4.79 Å². The molecule has 8 nitrogen and oxygen atoms in total. The van der Waals surface area contributed by atoms with E-state index in [-0.39, 0.29) is 31.5 Å². The van der Waals surface area contributed by atoms with Gasteiger partial charge in [0.1, 0.15) is 16.5 Å². The third-order valence-electron chi connectivity index (χ3n) is 6.77. The Morgan fingerprint density at radius 3 is 2.43 bits per heavy atom. The molecule has 1 fully saturated rings.